The van der Waals surface area contributed by atoms with Crippen LogP contribution in [0.4, 0.5) is 0 Å². The highest BCUT2D eigenvalue weighted by Gasteiger charge is 2.40. The van der Waals surface area contributed by atoms with Crippen molar-refractivity contribution >= 4 is 47.7 Å². The molecule has 0 N–H and O–H groups in total. The van der Waals surface area contributed by atoms with Crippen LogP contribution >= 0.6 is 12.9 Å². The highest BCUT2D eigenvalue weighted by Crippen LogP contribution is 2.40. The zero-order valence-electron chi connectivity index (χ0n) is 17.8. The Bertz CT molecular complexity index is 590. The van der Waals surface area contributed by atoms with E-state index in [9.17, 15) is 0 Å². The molecule has 0 radical (unpaired) electrons. The van der Waals surface area contributed by atoms with Crippen molar-refractivity contribution in [2.75, 3.05) is 0 Å². The molecule has 0 atom stereocenters. The molecule has 25 heavy (non-hydrogen) atoms. The zero-order valence-corrected chi connectivity index (χ0v) is 22.8. The summed E-state index contributed by atoms with van der Waals surface area (Å²) >= 11 is 3.45. The first-order chi connectivity index (χ1) is 11.1. The summed E-state index contributed by atoms with van der Waals surface area (Å²) in [7, 11) is -3.65. The molecule has 0 aliphatic heterocycles. The highest BCUT2D eigenvalue weighted by atomic mass is 79.9. The Balaban J connectivity index is 3.16. The smallest absolute Gasteiger partial charge is 0.473 e. The van der Waals surface area contributed by atoms with Gasteiger partial charge < -0.3 is 21.7 Å². The molecule has 0 unspecified atom stereocenters. The minimum atomic E-state index is -1.83. The van der Waals surface area contributed by atoms with Gasteiger partial charge in [0.1, 0.15) is 11.5 Å². The highest BCUT2D eigenvalue weighted by molar-refractivity contribution is 9.23. The maximum Gasteiger partial charge on any atom is 0.473 e. The molecule has 0 spiro atoms. The van der Waals surface area contributed by atoms with Crippen molar-refractivity contribution in [3.8, 4) is 11.5 Å². The van der Waals surface area contributed by atoms with Crippen LogP contribution in [0.5, 0.6) is 11.5 Å². The number of hydrogen-bond acceptors (Lipinski definition) is 2. The lowest BCUT2D eigenvalue weighted by atomic mass is 10.2. The van der Waals surface area contributed by atoms with Crippen LogP contribution in [0.2, 0.25) is 36.3 Å². The van der Waals surface area contributed by atoms with Gasteiger partial charge in [-0.3, -0.25) is 0 Å². The standard InChI is InChI=1S/C19H35O2Si2.BrH.Mg/c1-15-14-16(20-22(8,9)18(2,3)4)12-13-17(15)21-23(10,11)19(5,6)7;;/h12-14H,1H2,2-11H3;1H;/q;;+1/p-1. The lowest BCUT2D eigenvalue weighted by Gasteiger charge is -2.38. The normalized spacial score (nSPS) is 13.4. The van der Waals surface area contributed by atoms with E-state index in [0.717, 1.165) is 16.0 Å². The molecule has 0 fully saturated rings. The molecule has 1 aromatic rings. The number of rotatable bonds is 6. The predicted octanol–water partition coefficient (Wildman–Crippen LogP) is 6.97. The molecule has 0 aliphatic carbocycles. The Labute approximate surface area is 173 Å². The van der Waals surface area contributed by atoms with Gasteiger partial charge in [0.05, 0.1) is 0 Å². The fraction of sp³-hybridized carbons (Fsp3) is 0.684. The first-order valence-electron chi connectivity index (χ1n) is 9.18. The van der Waals surface area contributed by atoms with E-state index in [1.165, 1.54) is 5.56 Å². The number of halogens is 1. The van der Waals surface area contributed by atoms with Gasteiger partial charge in [-0.1, -0.05) is 46.1 Å². The molecule has 1 aromatic carbocycles. The van der Waals surface area contributed by atoms with Gasteiger partial charge in [-0.25, -0.2) is 0 Å². The minimum Gasteiger partial charge on any atom is -0.543 e. The van der Waals surface area contributed by atoms with Crippen LogP contribution in [0.15, 0.2) is 18.2 Å². The van der Waals surface area contributed by atoms with Gasteiger partial charge >= 0.3 is 18.2 Å². The summed E-state index contributed by atoms with van der Waals surface area (Å²) in [6, 6.07) is 6.45. The second-order valence-corrected chi connectivity index (χ2v) is 22.6. The quantitative estimate of drug-likeness (QED) is 0.431. The maximum absolute atomic E-state index is 6.60. The van der Waals surface area contributed by atoms with Gasteiger partial charge in [0.25, 0.3) is 0 Å². The molecule has 0 bridgehead atoms. The van der Waals surface area contributed by atoms with Gasteiger partial charge in [0.15, 0.2) is 0 Å². The summed E-state index contributed by atoms with van der Waals surface area (Å²) in [5, 5.41) is 0.403. The molecule has 140 valence electrons. The van der Waals surface area contributed by atoms with Crippen LogP contribution in [0.1, 0.15) is 47.1 Å². The Morgan fingerprint density at radius 1 is 0.880 bits per heavy atom. The predicted molar refractivity (Wildman–Crippen MR) is 120 cm³/mol. The monoisotopic (exact) mass is 454 g/mol. The topological polar surface area (TPSA) is 18.5 Å². The van der Waals surface area contributed by atoms with Crippen molar-refractivity contribution < 1.29 is 8.85 Å². The Hall–Kier alpha value is 0.500. The average molecular weight is 456 g/mol. The van der Waals surface area contributed by atoms with Crippen LogP contribution < -0.4 is 8.85 Å². The maximum atomic E-state index is 6.60. The van der Waals surface area contributed by atoms with E-state index in [2.05, 4.69) is 98.8 Å². The van der Waals surface area contributed by atoms with Crippen LogP contribution in [-0.4, -0.2) is 34.8 Å². The molecular formula is C19H35BrMgO2Si2. The van der Waals surface area contributed by atoms with Crippen molar-refractivity contribution in [2.24, 2.45) is 0 Å². The zero-order chi connectivity index (χ0) is 19.7. The first kappa shape index (κ1) is 23.5. The SMILES string of the molecule is CC(C)(C)[Si](C)(C)Oc1ccc(O[Si](C)(C)C(C)(C)C)c([CH2][Mg][Br])c1. The minimum absolute atomic E-state index is 0.201. The van der Waals surface area contributed by atoms with E-state index in [4.69, 9.17) is 8.85 Å². The molecule has 6 heteroatoms. The van der Waals surface area contributed by atoms with E-state index in [-0.39, 0.29) is 28.3 Å². The molecule has 0 saturated carbocycles. The summed E-state index contributed by atoms with van der Waals surface area (Å²) in [6.07, 6.45) is 0. The van der Waals surface area contributed by atoms with Crippen molar-refractivity contribution in [3.05, 3.63) is 23.8 Å². The third-order valence-corrected chi connectivity index (χ3v) is 16.4. The third-order valence-electron chi connectivity index (χ3n) is 5.75. The fourth-order valence-corrected chi connectivity index (χ4v) is 5.85. The lowest BCUT2D eigenvalue weighted by molar-refractivity contribution is 0.479. The molecule has 0 saturated heterocycles. The van der Waals surface area contributed by atoms with Crippen LogP contribution in [0.25, 0.3) is 0 Å². The summed E-state index contributed by atoms with van der Waals surface area (Å²) < 4.78 is 14.2. The summed E-state index contributed by atoms with van der Waals surface area (Å²) in [5.41, 5.74) is 1.30. The Morgan fingerprint density at radius 3 is 1.80 bits per heavy atom. The average Bonchev–Trinajstić information content (AvgIpc) is 2.39. The van der Waals surface area contributed by atoms with Crippen molar-refractivity contribution in [3.63, 3.8) is 0 Å². The van der Waals surface area contributed by atoms with Crippen LogP contribution in [0.3, 0.4) is 0 Å². The van der Waals surface area contributed by atoms with Gasteiger partial charge in [-0.05, 0) is 60.0 Å². The lowest BCUT2D eigenvalue weighted by Crippen LogP contribution is -2.44. The van der Waals surface area contributed by atoms with Crippen LogP contribution in [0, 0.1) is 0 Å². The van der Waals surface area contributed by atoms with E-state index < -0.39 is 16.6 Å². The molecule has 0 aromatic heterocycles. The van der Waals surface area contributed by atoms with Crippen LogP contribution in [-0.2, 0) is 4.55 Å². The van der Waals surface area contributed by atoms with Crippen molar-refractivity contribution in [2.45, 2.75) is 82.4 Å². The molecule has 0 aliphatic rings. The number of benzene rings is 1. The third kappa shape index (κ3) is 6.26. The summed E-state index contributed by atoms with van der Waals surface area (Å²) in [6.45, 7) is 22.9. The molecule has 1 rings (SSSR count). The van der Waals surface area contributed by atoms with E-state index in [1.807, 2.05) is 0 Å². The largest absolute Gasteiger partial charge is 0.543 e. The summed E-state index contributed by atoms with van der Waals surface area (Å²) in [5.74, 6) is 2.06. The Kier molecular flexibility index (Phi) is 7.77. The first-order valence-corrected chi connectivity index (χ1v) is 19.9. The molecule has 0 heterocycles. The van der Waals surface area contributed by atoms with Gasteiger partial charge in [-0.15, -0.1) is 0 Å². The second kappa shape index (κ2) is 8.25. The molecule has 2 nitrogen and oxygen atoms in total. The van der Waals surface area contributed by atoms with Gasteiger partial charge in [-0.2, -0.15) is 0 Å². The van der Waals surface area contributed by atoms with Crippen molar-refractivity contribution in [1.29, 1.82) is 0 Å². The van der Waals surface area contributed by atoms with E-state index in [0.29, 0.717) is 0 Å². The van der Waals surface area contributed by atoms with E-state index in [1.54, 1.807) is 0 Å². The second-order valence-electron chi connectivity index (χ2n) is 9.93. The molecular weight excluding hydrogens is 421 g/mol. The molecule has 0 amide bonds. The van der Waals surface area contributed by atoms with E-state index >= 15 is 0 Å². The van der Waals surface area contributed by atoms with Gasteiger partial charge in [0, 0.05) is 0 Å². The number of hydrogen-bond donors (Lipinski definition) is 0. The fourth-order valence-electron chi connectivity index (χ4n) is 1.89. The van der Waals surface area contributed by atoms with Gasteiger partial charge in [0.2, 0.25) is 16.6 Å². The Morgan fingerprint density at radius 2 is 1.36 bits per heavy atom. The van der Waals surface area contributed by atoms with Crippen molar-refractivity contribution in [1.82, 2.24) is 0 Å². The summed E-state index contributed by atoms with van der Waals surface area (Å²) in [4.78, 5) is 0.